The summed E-state index contributed by atoms with van der Waals surface area (Å²) < 4.78 is 0. The molecule has 0 aromatic carbocycles. The lowest BCUT2D eigenvalue weighted by atomic mass is 10.1. The van der Waals surface area contributed by atoms with Crippen molar-refractivity contribution >= 4 is 34.8 Å². The molecule has 16 heavy (non-hydrogen) atoms. The number of hydrogen-bond acceptors (Lipinski definition) is 4. The first-order valence-electron chi connectivity index (χ1n) is 4.95. The minimum absolute atomic E-state index is 0.163. The van der Waals surface area contributed by atoms with Crippen molar-refractivity contribution in [3.8, 4) is 0 Å². The zero-order chi connectivity index (χ0) is 12.3. The van der Waals surface area contributed by atoms with Gasteiger partial charge in [0.15, 0.2) is 0 Å². The largest absolute Gasteiger partial charge is 0.391 e. The van der Waals surface area contributed by atoms with E-state index in [-0.39, 0.29) is 11.7 Å². The highest BCUT2D eigenvalue weighted by Gasteiger charge is 2.11. The average Bonchev–Trinajstić information content (AvgIpc) is 2.20. The minimum atomic E-state index is -0.463. The summed E-state index contributed by atoms with van der Waals surface area (Å²) in [4.78, 5) is 4.00. The molecule has 0 amide bonds. The lowest BCUT2D eigenvalue weighted by molar-refractivity contribution is 0.138. The lowest BCUT2D eigenvalue weighted by Gasteiger charge is -2.16. The predicted octanol–water partition coefficient (Wildman–Crippen LogP) is 2.40. The van der Waals surface area contributed by atoms with E-state index in [0.717, 1.165) is 0 Å². The molecule has 1 unspecified atom stereocenters. The average molecular weight is 264 g/mol. The molecule has 1 aromatic heterocycles. The van der Waals surface area contributed by atoms with Crippen LogP contribution in [0.1, 0.15) is 13.8 Å². The van der Waals surface area contributed by atoms with E-state index in [4.69, 9.17) is 28.9 Å². The van der Waals surface area contributed by atoms with E-state index in [1.54, 1.807) is 0 Å². The quantitative estimate of drug-likeness (QED) is 0.780. The molecule has 6 heteroatoms. The van der Waals surface area contributed by atoms with Gasteiger partial charge in [0.1, 0.15) is 11.6 Å². The molecular weight excluding hydrogens is 249 g/mol. The normalized spacial score (nSPS) is 12.9. The number of pyridine rings is 1. The molecule has 1 rings (SSSR count). The smallest absolute Gasteiger partial charge is 0.147 e. The summed E-state index contributed by atoms with van der Waals surface area (Å²) in [6, 6.07) is 1.52. The van der Waals surface area contributed by atoms with Crippen LogP contribution in [0.3, 0.4) is 0 Å². The molecule has 0 aliphatic rings. The Bertz CT molecular complexity index is 371. The number of aliphatic hydroxyl groups is 1. The van der Waals surface area contributed by atoms with Gasteiger partial charge in [-0.2, -0.15) is 0 Å². The number of hydrogen-bond donors (Lipinski definition) is 3. The van der Waals surface area contributed by atoms with Crippen LogP contribution in [-0.2, 0) is 0 Å². The Balaban J connectivity index is 2.71. The van der Waals surface area contributed by atoms with Gasteiger partial charge in [-0.25, -0.2) is 4.98 Å². The van der Waals surface area contributed by atoms with Crippen molar-refractivity contribution in [1.29, 1.82) is 0 Å². The molecule has 4 N–H and O–H groups in total. The molecule has 0 saturated heterocycles. The van der Waals surface area contributed by atoms with Gasteiger partial charge in [-0.3, -0.25) is 0 Å². The second-order valence-corrected chi connectivity index (χ2v) is 4.69. The molecule has 0 bridgehead atoms. The third-order valence-electron chi connectivity index (χ3n) is 2.20. The van der Waals surface area contributed by atoms with Crippen molar-refractivity contribution in [3.63, 3.8) is 0 Å². The van der Waals surface area contributed by atoms with Gasteiger partial charge in [0, 0.05) is 6.54 Å². The van der Waals surface area contributed by atoms with Gasteiger partial charge >= 0.3 is 0 Å². The summed E-state index contributed by atoms with van der Waals surface area (Å²) in [6.45, 7) is 4.22. The second-order valence-electron chi connectivity index (χ2n) is 3.88. The number of halogens is 2. The van der Waals surface area contributed by atoms with Crippen molar-refractivity contribution in [2.75, 3.05) is 17.6 Å². The third kappa shape index (κ3) is 3.40. The summed E-state index contributed by atoms with van der Waals surface area (Å²) in [7, 11) is 0. The first-order chi connectivity index (χ1) is 7.41. The number of aromatic nitrogens is 1. The molecule has 0 aliphatic heterocycles. The Labute approximate surface area is 105 Å². The van der Waals surface area contributed by atoms with Gasteiger partial charge < -0.3 is 16.2 Å². The van der Waals surface area contributed by atoms with Crippen LogP contribution >= 0.6 is 23.2 Å². The van der Waals surface area contributed by atoms with Crippen LogP contribution < -0.4 is 11.1 Å². The fourth-order valence-electron chi connectivity index (χ4n) is 1.04. The number of anilines is 2. The fourth-order valence-corrected chi connectivity index (χ4v) is 1.47. The molecule has 0 fully saturated rings. The first kappa shape index (κ1) is 13.4. The summed E-state index contributed by atoms with van der Waals surface area (Å²) in [5, 5.41) is 13.2. The maximum Gasteiger partial charge on any atom is 0.147 e. The van der Waals surface area contributed by atoms with E-state index >= 15 is 0 Å². The highest BCUT2D eigenvalue weighted by Crippen LogP contribution is 2.27. The minimum Gasteiger partial charge on any atom is -0.391 e. The Morgan fingerprint density at radius 3 is 2.62 bits per heavy atom. The van der Waals surface area contributed by atoms with Crippen LogP contribution in [0.5, 0.6) is 0 Å². The van der Waals surface area contributed by atoms with Gasteiger partial charge in [0.2, 0.25) is 0 Å². The van der Waals surface area contributed by atoms with Crippen molar-refractivity contribution in [1.82, 2.24) is 4.98 Å². The van der Waals surface area contributed by atoms with Crippen molar-refractivity contribution in [2.24, 2.45) is 5.92 Å². The predicted molar refractivity (Wildman–Crippen MR) is 68.0 cm³/mol. The molecule has 0 aliphatic carbocycles. The number of aliphatic hydroxyl groups excluding tert-OH is 1. The summed E-state index contributed by atoms with van der Waals surface area (Å²) >= 11 is 11.7. The number of rotatable bonds is 4. The van der Waals surface area contributed by atoms with Gasteiger partial charge in [0.05, 0.1) is 16.1 Å². The van der Waals surface area contributed by atoms with Crippen LogP contribution in [0.2, 0.25) is 10.0 Å². The van der Waals surface area contributed by atoms with Crippen LogP contribution in [0.25, 0.3) is 0 Å². The SMILES string of the molecule is CC(C)C(O)CNc1nc(N)c(Cl)cc1Cl. The molecule has 4 nitrogen and oxygen atoms in total. The van der Waals surface area contributed by atoms with Gasteiger partial charge in [-0.05, 0) is 12.0 Å². The highest BCUT2D eigenvalue weighted by molar-refractivity contribution is 6.37. The number of nitrogens with one attached hydrogen (secondary N) is 1. The Kier molecular flexibility index (Phi) is 4.65. The van der Waals surface area contributed by atoms with Crippen molar-refractivity contribution < 1.29 is 5.11 Å². The van der Waals surface area contributed by atoms with E-state index in [0.29, 0.717) is 22.4 Å². The van der Waals surface area contributed by atoms with Crippen molar-refractivity contribution in [2.45, 2.75) is 20.0 Å². The Hall–Kier alpha value is -0.710. The summed E-state index contributed by atoms with van der Waals surface area (Å²) in [5.41, 5.74) is 5.55. The Morgan fingerprint density at radius 1 is 1.44 bits per heavy atom. The Morgan fingerprint density at radius 2 is 2.06 bits per heavy atom. The monoisotopic (exact) mass is 263 g/mol. The zero-order valence-electron chi connectivity index (χ0n) is 9.17. The number of nitrogen functional groups attached to an aromatic ring is 1. The van der Waals surface area contributed by atoms with Gasteiger partial charge in [0.25, 0.3) is 0 Å². The highest BCUT2D eigenvalue weighted by atomic mass is 35.5. The maximum atomic E-state index is 9.61. The van der Waals surface area contributed by atoms with E-state index in [9.17, 15) is 5.11 Å². The molecule has 1 heterocycles. The molecule has 0 radical (unpaired) electrons. The van der Waals surface area contributed by atoms with Gasteiger partial charge in [-0.1, -0.05) is 37.0 Å². The van der Waals surface area contributed by atoms with E-state index in [1.165, 1.54) is 6.07 Å². The molecule has 1 aromatic rings. The zero-order valence-corrected chi connectivity index (χ0v) is 10.7. The second kappa shape index (κ2) is 5.57. The van der Waals surface area contributed by atoms with Crippen LogP contribution in [0.15, 0.2) is 6.07 Å². The topological polar surface area (TPSA) is 71.2 Å². The lowest BCUT2D eigenvalue weighted by Crippen LogP contribution is -2.25. The van der Waals surface area contributed by atoms with E-state index in [1.807, 2.05) is 13.8 Å². The van der Waals surface area contributed by atoms with Crippen LogP contribution in [-0.4, -0.2) is 22.7 Å². The number of nitrogens with zero attached hydrogens (tertiary/aromatic N) is 1. The first-order valence-corrected chi connectivity index (χ1v) is 5.71. The maximum absolute atomic E-state index is 9.61. The molecule has 90 valence electrons. The van der Waals surface area contributed by atoms with E-state index in [2.05, 4.69) is 10.3 Å². The fraction of sp³-hybridized carbons (Fsp3) is 0.500. The van der Waals surface area contributed by atoms with Crippen LogP contribution in [0, 0.1) is 5.92 Å². The summed E-state index contributed by atoms with van der Waals surface area (Å²) in [6.07, 6.45) is -0.463. The molecule has 0 saturated carbocycles. The van der Waals surface area contributed by atoms with Crippen molar-refractivity contribution in [3.05, 3.63) is 16.1 Å². The third-order valence-corrected chi connectivity index (χ3v) is 2.80. The molecular formula is C10H15Cl2N3O. The van der Waals surface area contributed by atoms with Gasteiger partial charge in [-0.15, -0.1) is 0 Å². The molecule has 0 spiro atoms. The number of nitrogens with two attached hydrogens (primary N) is 1. The standard InChI is InChI=1S/C10H15Cl2N3O/c1-5(2)8(16)4-14-10-7(12)3-6(11)9(13)15-10/h3,5,8,16H,4H2,1-2H3,(H3,13,14,15). The van der Waals surface area contributed by atoms with Crippen LogP contribution in [0.4, 0.5) is 11.6 Å². The molecule has 1 atom stereocenters. The van der Waals surface area contributed by atoms with E-state index < -0.39 is 6.10 Å². The summed E-state index contributed by atoms with van der Waals surface area (Å²) in [5.74, 6) is 0.812.